The standard InChI is InChI=1S/C22H24ClN5OS/c1-14-20(30-13-25-14)21(29)28-10-5-4-9-18(28)19-17(12-24-22(26-19)27(2)3)15-7-6-8-16(23)11-15/h6-8,11-13,18H,4-5,9-10H2,1-3H3/t18-/m1/s1. The first-order chi connectivity index (χ1) is 14.5. The molecule has 8 heteroatoms. The third-order valence-corrected chi connectivity index (χ3v) is 6.51. The van der Waals surface area contributed by atoms with Gasteiger partial charge in [0.25, 0.3) is 5.91 Å². The van der Waals surface area contributed by atoms with Crippen LogP contribution in [0.3, 0.4) is 0 Å². The number of amides is 1. The summed E-state index contributed by atoms with van der Waals surface area (Å²) in [5, 5.41) is 0.659. The number of benzene rings is 1. The van der Waals surface area contributed by atoms with Gasteiger partial charge in [-0.25, -0.2) is 15.0 Å². The predicted octanol–water partition coefficient (Wildman–Crippen LogP) is 5.00. The molecule has 0 aliphatic carbocycles. The van der Waals surface area contributed by atoms with Gasteiger partial charge in [-0.1, -0.05) is 23.7 Å². The predicted molar refractivity (Wildman–Crippen MR) is 121 cm³/mol. The average Bonchev–Trinajstić information content (AvgIpc) is 3.18. The van der Waals surface area contributed by atoms with Crippen LogP contribution in [-0.2, 0) is 0 Å². The number of aryl methyl sites for hydroxylation is 1. The van der Waals surface area contributed by atoms with E-state index in [0.717, 1.165) is 41.8 Å². The van der Waals surface area contributed by atoms with E-state index in [4.69, 9.17) is 16.6 Å². The number of halogens is 1. The molecule has 4 rings (SSSR count). The zero-order chi connectivity index (χ0) is 21.3. The summed E-state index contributed by atoms with van der Waals surface area (Å²) in [5.41, 5.74) is 5.24. The molecule has 0 spiro atoms. The highest BCUT2D eigenvalue weighted by Crippen LogP contribution is 2.38. The summed E-state index contributed by atoms with van der Waals surface area (Å²) in [6.45, 7) is 2.59. The van der Waals surface area contributed by atoms with E-state index >= 15 is 0 Å². The molecule has 6 nitrogen and oxygen atoms in total. The number of thiazole rings is 1. The fourth-order valence-corrected chi connectivity index (χ4v) is 4.78. The van der Waals surface area contributed by atoms with Crippen LogP contribution in [0.5, 0.6) is 0 Å². The van der Waals surface area contributed by atoms with Crippen molar-refractivity contribution in [3.63, 3.8) is 0 Å². The molecule has 0 bridgehead atoms. The van der Waals surface area contributed by atoms with Crippen molar-refractivity contribution in [2.45, 2.75) is 32.2 Å². The molecule has 1 aromatic carbocycles. The molecule has 1 aliphatic rings. The second kappa shape index (κ2) is 8.70. The number of likely N-dealkylation sites (tertiary alicyclic amines) is 1. The summed E-state index contributed by atoms with van der Waals surface area (Å²) in [7, 11) is 3.84. The van der Waals surface area contributed by atoms with Crippen molar-refractivity contribution in [1.82, 2.24) is 19.9 Å². The number of hydrogen-bond acceptors (Lipinski definition) is 6. The number of hydrogen-bond donors (Lipinski definition) is 0. The highest BCUT2D eigenvalue weighted by Gasteiger charge is 2.33. The fraction of sp³-hybridized carbons (Fsp3) is 0.364. The van der Waals surface area contributed by atoms with Gasteiger partial charge in [-0.15, -0.1) is 11.3 Å². The van der Waals surface area contributed by atoms with Crippen LogP contribution in [-0.4, -0.2) is 46.4 Å². The van der Waals surface area contributed by atoms with Gasteiger partial charge in [0.1, 0.15) is 4.88 Å². The quantitative estimate of drug-likeness (QED) is 0.570. The molecule has 0 unspecified atom stereocenters. The Hall–Kier alpha value is -2.51. The minimum atomic E-state index is -0.122. The monoisotopic (exact) mass is 441 g/mol. The van der Waals surface area contributed by atoms with Gasteiger partial charge in [-0.2, -0.15) is 0 Å². The van der Waals surface area contributed by atoms with E-state index in [0.29, 0.717) is 22.4 Å². The Bertz CT molecular complexity index is 1070. The van der Waals surface area contributed by atoms with E-state index < -0.39 is 0 Å². The van der Waals surface area contributed by atoms with Gasteiger partial charge < -0.3 is 9.80 Å². The van der Waals surface area contributed by atoms with Crippen molar-refractivity contribution in [3.8, 4) is 11.1 Å². The minimum absolute atomic E-state index is 0.0294. The fourth-order valence-electron chi connectivity index (χ4n) is 3.83. The van der Waals surface area contributed by atoms with Crippen molar-refractivity contribution >= 4 is 34.8 Å². The van der Waals surface area contributed by atoms with Crippen LogP contribution in [0.1, 0.15) is 46.4 Å². The van der Waals surface area contributed by atoms with E-state index in [-0.39, 0.29) is 11.9 Å². The van der Waals surface area contributed by atoms with E-state index in [1.165, 1.54) is 11.3 Å². The molecular formula is C22H24ClN5OS. The maximum absolute atomic E-state index is 13.4. The zero-order valence-electron chi connectivity index (χ0n) is 17.3. The molecular weight excluding hydrogens is 418 g/mol. The van der Waals surface area contributed by atoms with Crippen LogP contribution < -0.4 is 4.90 Å². The van der Waals surface area contributed by atoms with Gasteiger partial charge in [-0.05, 0) is 43.9 Å². The lowest BCUT2D eigenvalue weighted by molar-refractivity contribution is 0.0611. The van der Waals surface area contributed by atoms with E-state index in [1.807, 2.05) is 61.3 Å². The first kappa shape index (κ1) is 20.8. The summed E-state index contributed by atoms with van der Waals surface area (Å²) in [6.07, 6.45) is 4.74. The molecule has 0 radical (unpaired) electrons. The lowest BCUT2D eigenvalue weighted by Gasteiger charge is -2.36. The van der Waals surface area contributed by atoms with E-state index in [1.54, 1.807) is 5.51 Å². The topological polar surface area (TPSA) is 62.2 Å². The molecule has 1 aliphatic heterocycles. The van der Waals surface area contributed by atoms with Crippen molar-refractivity contribution in [1.29, 1.82) is 0 Å². The third-order valence-electron chi connectivity index (χ3n) is 5.36. The summed E-state index contributed by atoms with van der Waals surface area (Å²) in [5.74, 6) is 0.657. The number of carbonyl (C=O) groups is 1. The van der Waals surface area contributed by atoms with Crippen LogP contribution >= 0.6 is 22.9 Å². The second-order valence-corrected chi connectivity index (χ2v) is 8.94. The number of piperidine rings is 1. The minimum Gasteiger partial charge on any atom is -0.347 e. The number of carbonyl (C=O) groups excluding carboxylic acids is 1. The first-order valence-electron chi connectivity index (χ1n) is 9.97. The maximum Gasteiger partial charge on any atom is 0.266 e. The molecule has 0 N–H and O–H groups in total. The first-order valence-corrected chi connectivity index (χ1v) is 11.2. The van der Waals surface area contributed by atoms with Crippen LogP contribution in [0.2, 0.25) is 5.02 Å². The van der Waals surface area contributed by atoms with Gasteiger partial charge in [0.2, 0.25) is 5.95 Å². The van der Waals surface area contributed by atoms with Gasteiger partial charge in [0.15, 0.2) is 0 Å². The smallest absolute Gasteiger partial charge is 0.266 e. The average molecular weight is 442 g/mol. The molecule has 3 heterocycles. The Labute approximate surface area is 185 Å². The molecule has 1 fully saturated rings. The van der Waals surface area contributed by atoms with Crippen molar-refractivity contribution < 1.29 is 4.79 Å². The SMILES string of the molecule is Cc1ncsc1C(=O)N1CCCC[C@@H]1c1nc(N(C)C)ncc1-c1cccc(Cl)c1. The van der Waals surface area contributed by atoms with Crippen molar-refractivity contribution in [2.75, 3.05) is 25.5 Å². The van der Waals surface area contributed by atoms with Gasteiger partial charge in [0.05, 0.1) is 22.9 Å². The van der Waals surface area contributed by atoms with E-state index in [2.05, 4.69) is 9.97 Å². The number of nitrogens with zero attached hydrogens (tertiary/aromatic N) is 5. The summed E-state index contributed by atoms with van der Waals surface area (Å²) < 4.78 is 0. The zero-order valence-corrected chi connectivity index (χ0v) is 18.9. The van der Waals surface area contributed by atoms with Gasteiger partial charge in [0, 0.05) is 37.4 Å². The van der Waals surface area contributed by atoms with Crippen molar-refractivity contribution in [3.05, 3.63) is 57.3 Å². The Morgan fingerprint density at radius 3 is 2.80 bits per heavy atom. The number of rotatable bonds is 4. The van der Waals surface area contributed by atoms with E-state index in [9.17, 15) is 4.79 Å². The lowest BCUT2D eigenvalue weighted by Crippen LogP contribution is -2.39. The molecule has 30 heavy (non-hydrogen) atoms. The number of aromatic nitrogens is 3. The Kier molecular flexibility index (Phi) is 6.01. The third kappa shape index (κ3) is 4.04. The normalized spacial score (nSPS) is 16.5. The van der Waals surface area contributed by atoms with Gasteiger partial charge in [-0.3, -0.25) is 4.79 Å². The van der Waals surface area contributed by atoms with Crippen molar-refractivity contribution in [2.24, 2.45) is 0 Å². The van der Waals surface area contributed by atoms with Gasteiger partial charge >= 0.3 is 0 Å². The highest BCUT2D eigenvalue weighted by molar-refractivity contribution is 7.11. The lowest BCUT2D eigenvalue weighted by atomic mass is 9.93. The molecule has 3 aromatic rings. The Morgan fingerprint density at radius 1 is 1.27 bits per heavy atom. The largest absolute Gasteiger partial charge is 0.347 e. The molecule has 1 atom stereocenters. The van der Waals surface area contributed by atoms with Crippen LogP contribution in [0.4, 0.5) is 5.95 Å². The van der Waals surface area contributed by atoms with Crippen LogP contribution in [0, 0.1) is 6.92 Å². The Balaban J connectivity index is 1.82. The second-order valence-electron chi connectivity index (χ2n) is 7.65. The highest BCUT2D eigenvalue weighted by atomic mass is 35.5. The molecule has 1 saturated heterocycles. The molecule has 1 amide bonds. The maximum atomic E-state index is 13.4. The summed E-state index contributed by atoms with van der Waals surface area (Å²) in [6, 6.07) is 7.57. The summed E-state index contributed by atoms with van der Waals surface area (Å²) in [4.78, 5) is 31.7. The van der Waals surface area contributed by atoms with Crippen LogP contribution in [0.25, 0.3) is 11.1 Å². The molecule has 0 saturated carbocycles. The molecule has 156 valence electrons. The molecule has 2 aromatic heterocycles. The number of anilines is 1. The summed E-state index contributed by atoms with van der Waals surface area (Å²) >= 11 is 7.66. The Morgan fingerprint density at radius 2 is 2.10 bits per heavy atom. The van der Waals surface area contributed by atoms with Crippen LogP contribution in [0.15, 0.2) is 36.0 Å².